The van der Waals surface area contributed by atoms with Crippen LogP contribution < -0.4 is 5.32 Å². The smallest absolute Gasteiger partial charge is 0.475 e. The molecule has 2 aromatic rings. The Kier molecular flexibility index (Phi) is 11.3. The third kappa shape index (κ3) is 9.34. The van der Waals surface area contributed by atoms with Crippen molar-refractivity contribution in [2.75, 3.05) is 26.2 Å². The van der Waals surface area contributed by atoms with Crippen molar-refractivity contribution in [2.45, 2.75) is 64.2 Å². The molecule has 2 fully saturated rings. The maximum absolute atomic E-state index is 13.1. The van der Waals surface area contributed by atoms with Crippen molar-refractivity contribution in [1.29, 1.82) is 0 Å². The molecule has 2 aliphatic rings. The van der Waals surface area contributed by atoms with E-state index < -0.39 is 17.7 Å². The summed E-state index contributed by atoms with van der Waals surface area (Å²) in [5, 5.41) is 11.2. The number of likely N-dealkylation sites (tertiary alicyclic amines) is 2. The zero-order valence-electron chi connectivity index (χ0n) is 23.8. The summed E-state index contributed by atoms with van der Waals surface area (Å²) in [6, 6.07) is 12.8. The van der Waals surface area contributed by atoms with Gasteiger partial charge in [-0.3, -0.25) is 14.5 Å². The average molecular weight is 631 g/mol. The van der Waals surface area contributed by atoms with Gasteiger partial charge in [0, 0.05) is 46.8 Å². The molecule has 4 rings (SSSR count). The second-order valence-corrected chi connectivity index (χ2v) is 12.3. The highest BCUT2D eigenvalue weighted by molar-refractivity contribution is 6.34. The number of hydrogen-bond donors (Lipinski definition) is 2. The molecule has 230 valence electrons. The van der Waals surface area contributed by atoms with Crippen LogP contribution in [-0.2, 0) is 10.3 Å². The van der Waals surface area contributed by atoms with Gasteiger partial charge < -0.3 is 15.3 Å². The van der Waals surface area contributed by atoms with Crippen LogP contribution in [0, 0.1) is 5.92 Å². The number of carbonyl (C=O) groups excluding carboxylic acids is 2. The summed E-state index contributed by atoms with van der Waals surface area (Å²) in [4.78, 5) is 39.5. The molecule has 0 bridgehead atoms. The van der Waals surface area contributed by atoms with E-state index in [1.807, 2.05) is 18.7 Å². The lowest BCUT2D eigenvalue weighted by atomic mass is 9.93. The highest BCUT2D eigenvalue weighted by Crippen LogP contribution is 2.28. The van der Waals surface area contributed by atoms with Gasteiger partial charge in [-0.2, -0.15) is 13.2 Å². The fourth-order valence-electron chi connectivity index (χ4n) is 5.28. The molecule has 0 saturated carbocycles. The van der Waals surface area contributed by atoms with Crippen molar-refractivity contribution in [3.8, 4) is 0 Å². The quantitative estimate of drug-likeness (QED) is 0.387. The highest BCUT2D eigenvalue weighted by Gasteiger charge is 2.38. The molecule has 2 heterocycles. The Balaban J connectivity index is 0.000000616. The molecule has 0 aromatic heterocycles. The van der Waals surface area contributed by atoms with Crippen molar-refractivity contribution in [1.82, 2.24) is 15.1 Å². The number of amides is 2. The number of hydrogen-bond acceptors (Lipinski definition) is 4. The molecule has 0 radical (unpaired) electrons. The summed E-state index contributed by atoms with van der Waals surface area (Å²) in [6.45, 7) is 10.1. The standard InChI is InChI=1S/C28H35Cl2N3O2.C2HF3O2/c1-19-5-4-12-33(18-19)25-10-13-32(14-11-25)27(35)21-8-6-20(7-9-21)26(34)31-28(2,3)22-15-23(29)17-24(30)16-22;3-2(4,5)1(6)7/h6-9,15-17,19,25H,4-5,10-14,18H2,1-3H3,(H,31,34);(H,6,7). The number of halogens is 5. The van der Waals surface area contributed by atoms with Gasteiger partial charge in [0.2, 0.25) is 0 Å². The first kappa shape index (κ1) is 33.7. The van der Waals surface area contributed by atoms with Crippen LogP contribution in [-0.4, -0.2) is 71.1 Å². The van der Waals surface area contributed by atoms with Crippen molar-refractivity contribution < 1.29 is 32.7 Å². The molecule has 12 heteroatoms. The third-order valence-corrected chi connectivity index (χ3v) is 8.04. The highest BCUT2D eigenvalue weighted by atomic mass is 35.5. The van der Waals surface area contributed by atoms with E-state index in [1.54, 1.807) is 42.5 Å². The first-order valence-corrected chi connectivity index (χ1v) is 14.5. The molecule has 2 N–H and O–H groups in total. The predicted octanol–water partition coefficient (Wildman–Crippen LogP) is 6.63. The second kappa shape index (κ2) is 14.1. The van der Waals surface area contributed by atoms with Gasteiger partial charge in [-0.1, -0.05) is 30.1 Å². The first-order chi connectivity index (χ1) is 19.6. The lowest BCUT2D eigenvalue weighted by Crippen LogP contribution is -2.49. The van der Waals surface area contributed by atoms with Crippen molar-refractivity contribution in [3.05, 3.63) is 69.2 Å². The second-order valence-electron chi connectivity index (χ2n) is 11.4. The Labute approximate surface area is 254 Å². The zero-order chi connectivity index (χ0) is 31.2. The van der Waals surface area contributed by atoms with E-state index in [2.05, 4.69) is 17.1 Å². The Morgan fingerprint density at radius 3 is 1.93 bits per heavy atom. The maximum atomic E-state index is 13.1. The number of alkyl halides is 3. The van der Waals surface area contributed by atoms with Crippen LogP contribution in [0.2, 0.25) is 10.0 Å². The summed E-state index contributed by atoms with van der Waals surface area (Å²) in [5.41, 5.74) is 1.27. The van der Waals surface area contributed by atoms with Gasteiger partial charge >= 0.3 is 12.1 Å². The largest absolute Gasteiger partial charge is 0.490 e. The van der Waals surface area contributed by atoms with Crippen LogP contribution in [0.5, 0.6) is 0 Å². The van der Waals surface area contributed by atoms with E-state index >= 15 is 0 Å². The fourth-order valence-corrected chi connectivity index (χ4v) is 5.81. The van der Waals surface area contributed by atoms with Crippen LogP contribution in [0.4, 0.5) is 13.2 Å². The number of rotatable bonds is 5. The van der Waals surface area contributed by atoms with Crippen LogP contribution in [0.15, 0.2) is 42.5 Å². The molecule has 2 aliphatic heterocycles. The lowest BCUT2D eigenvalue weighted by molar-refractivity contribution is -0.192. The minimum absolute atomic E-state index is 0.0383. The molecule has 0 spiro atoms. The minimum atomic E-state index is -5.08. The SMILES string of the molecule is CC1CCCN(C2CCN(C(=O)c3ccc(C(=O)NC(C)(C)c4cc(Cl)cc(Cl)c4)cc3)CC2)C1.O=C(O)C(F)(F)F. The Morgan fingerprint density at radius 1 is 0.905 bits per heavy atom. The van der Waals surface area contributed by atoms with E-state index in [4.69, 9.17) is 33.1 Å². The van der Waals surface area contributed by atoms with E-state index in [0.29, 0.717) is 27.2 Å². The molecule has 2 saturated heterocycles. The minimum Gasteiger partial charge on any atom is -0.475 e. The number of carboxylic acid groups (broad SMARTS) is 1. The topological polar surface area (TPSA) is 90.0 Å². The van der Waals surface area contributed by atoms with Gasteiger partial charge in [0.15, 0.2) is 0 Å². The van der Waals surface area contributed by atoms with Crippen LogP contribution in [0.3, 0.4) is 0 Å². The summed E-state index contributed by atoms with van der Waals surface area (Å²) in [6.07, 6.45) is -0.415. The van der Waals surface area contributed by atoms with Gasteiger partial charge in [-0.15, -0.1) is 0 Å². The van der Waals surface area contributed by atoms with Gasteiger partial charge in [-0.25, -0.2) is 4.79 Å². The van der Waals surface area contributed by atoms with Gasteiger partial charge in [0.25, 0.3) is 11.8 Å². The monoisotopic (exact) mass is 629 g/mol. The van der Waals surface area contributed by atoms with Crippen molar-refractivity contribution >= 4 is 41.0 Å². The van der Waals surface area contributed by atoms with E-state index in [0.717, 1.165) is 37.4 Å². The number of nitrogens with one attached hydrogen (secondary N) is 1. The van der Waals surface area contributed by atoms with Crippen molar-refractivity contribution in [3.63, 3.8) is 0 Å². The maximum Gasteiger partial charge on any atom is 0.490 e. The lowest BCUT2D eigenvalue weighted by Gasteiger charge is -2.41. The number of carboxylic acids is 1. The van der Waals surface area contributed by atoms with Crippen molar-refractivity contribution in [2.24, 2.45) is 5.92 Å². The Bertz CT molecular complexity index is 1240. The zero-order valence-corrected chi connectivity index (χ0v) is 25.3. The number of piperidine rings is 2. The summed E-state index contributed by atoms with van der Waals surface area (Å²) < 4.78 is 31.7. The Morgan fingerprint density at radius 2 is 1.43 bits per heavy atom. The number of nitrogens with zero attached hydrogens (tertiary/aromatic N) is 2. The van der Waals surface area contributed by atoms with Gasteiger partial charge in [-0.05, 0) is 100 Å². The summed E-state index contributed by atoms with van der Waals surface area (Å²) in [5.74, 6) is -2.17. The fraction of sp³-hybridized carbons (Fsp3) is 0.500. The molecular weight excluding hydrogens is 594 g/mol. The van der Waals surface area contributed by atoms with E-state index in [1.165, 1.54) is 25.9 Å². The Hall–Kier alpha value is -2.82. The molecule has 7 nitrogen and oxygen atoms in total. The third-order valence-electron chi connectivity index (χ3n) is 7.60. The number of benzene rings is 2. The molecule has 2 amide bonds. The van der Waals surface area contributed by atoms with Gasteiger partial charge in [0.1, 0.15) is 0 Å². The average Bonchev–Trinajstić information content (AvgIpc) is 2.92. The molecule has 42 heavy (non-hydrogen) atoms. The first-order valence-electron chi connectivity index (χ1n) is 13.8. The predicted molar refractivity (Wildman–Crippen MR) is 156 cm³/mol. The summed E-state index contributed by atoms with van der Waals surface area (Å²) in [7, 11) is 0. The van der Waals surface area contributed by atoms with E-state index in [9.17, 15) is 22.8 Å². The molecule has 0 aliphatic carbocycles. The van der Waals surface area contributed by atoms with E-state index in [-0.39, 0.29) is 11.8 Å². The molecule has 2 aromatic carbocycles. The molecular formula is C30H36Cl2F3N3O4. The summed E-state index contributed by atoms with van der Waals surface area (Å²) >= 11 is 12.3. The normalized spacial score (nSPS) is 18.6. The van der Waals surface area contributed by atoms with Crippen LogP contribution >= 0.6 is 23.2 Å². The van der Waals surface area contributed by atoms with Gasteiger partial charge in [0.05, 0.1) is 5.54 Å². The molecule has 1 atom stereocenters. The molecule has 1 unspecified atom stereocenters. The van der Waals surface area contributed by atoms with Crippen LogP contribution in [0.1, 0.15) is 72.7 Å². The van der Waals surface area contributed by atoms with Crippen LogP contribution in [0.25, 0.3) is 0 Å². The number of aliphatic carboxylic acids is 1. The number of carbonyl (C=O) groups is 3.